The van der Waals surface area contributed by atoms with Crippen molar-refractivity contribution in [2.24, 2.45) is 17.3 Å². The molecule has 7 aliphatic rings. The first-order valence-corrected chi connectivity index (χ1v) is 11.3. The molecule has 2 N–H and O–H groups in total. The first-order valence-electron chi connectivity index (χ1n) is 11.3. The van der Waals surface area contributed by atoms with Crippen LogP contribution in [-0.2, 0) is 16.6 Å². The SMILES string of the molecule is CCCC[C@H]1CO[C@]23C=C[C@@]4(C[C@H]12)[C@H]1Cc2ccc(O)c5c2[C@@]4(CCN1)[C@H]3O5. The summed E-state index contributed by atoms with van der Waals surface area (Å²) in [4.78, 5) is 0. The lowest BCUT2D eigenvalue weighted by atomic mass is 9.37. The number of phenolic OH excluding ortho intramolecular Hbond substituents is 1. The maximum atomic E-state index is 10.7. The molecule has 4 nitrogen and oxygen atoms in total. The number of unbranched alkanes of at least 4 members (excludes halogenated alkanes) is 1. The van der Waals surface area contributed by atoms with E-state index in [0.717, 1.165) is 31.7 Å². The molecule has 0 unspecified atom stereocenters. The van der Waals surface area contributed by atoms with Gasteiger partial charge in [-0.2, -0.15) is 0 Å². The molecule has 1 saturated carbocycles. The van der Waals surface area contributed by atoms with Gasteiger partial charge in [-0.3, -0.25) is 0 Å². The summed E-state index contributed by atoms with van der Waals surface area (Å²) in [5.41, 5.74) is 2.41. The van der Waals surface area contributed by atoms with Gasteiger partial charge in [-0.25, -0.2) is 0 Å². The van der Waals surface area contributed by atoms with Gasteiger partial charge >= 0.3 is 0 Å². The molecule has 4 bridgehead atoms. The highest BCUT2D eigenvalue weighted by Crippen LogP contribution is 2.75. The molecule has 148 valence electrons. The van der Waals surface area contributed by atoms with Gasteiger partial charge in [0.1, 0.15) is 11.7 Å². The van der Waals surface area contributed by atoms with Crippen LogP contribution in [0.3, 0.4) is 0 Å². The summed E-state index contributed by atoms with van der Waals surface area (Å²) in [5, 5.41) is 14.6. The lowest BCUT2D eigenvalue weighted by Gasteiger charge is -2.69. The van der Waals surface area contributed by atoms with Crippen molar-refractivity contribution in [1.29, 1.82) is 0 Å². The molecule has 7 atom stereocenters. The van der Waals surface area contributed by atoms with E-state index in [9.17, 15) is 5.11 Å². The number of piperidine rings is 1. The van der Waals surface area contributed by atoms with Crippen LogP contribution >= 0.6 is 0 Å². The topological polar surface area (TPSA) is 50.7 Å². The van der Waals surface area contributed by atoms with Crippen molar-refractivity contribution in [3.63, 3.8) is 0 Å². The Morgan fingerprint density at radius 2 is 2.21 bits per heavy atom. The molecular weight excluding hydrogens is 350 g/mol. The molecule has 28 heavy (non-hydrogen) atoms. The zero-order valence-electron chi connectivity index (χ0n) is 16.5. The second kappa shape index (κ2) is 4.96. The van der Waals surface area contributed by atoms with Gasteiger partial charge < -0.3 is 19.9 Å². The van der Waals surface area contributed by atoms with Crippen LogP contribution in [0.2, 0.25) is 0 Å². The second-order valence-electron chi connectivity index (χ2n) is 10.1. The third kappa shape index (κ3) is 1.48. The van der Waals surface area contributed by atoms with E-state index < -0.39 is 0 Å². The van der Waals surface area contributed by atoms with Gasteiger partial charge in [0.2, 0.25) is 0 Å². The molecule has 4 aliphatic carbocycles. The molecule has 3 heterocycles. The molecule has 3 spiro atoms. The Labute approximate surface area is 166 Å². The van der Waals surface area contributed by atoms with Gasteiger partial charge in [0.15, 0.2) is 11.5 Å². The van der Waals surface area contributed by atoms with Crippen LogP contribution in [-0.4, -0.2) is 36.0 Å². The van der Waals surface area contributed by atoms with Gasteiger partial charge in [0, 0.05) is 22.9 Å². The molecule has 1 aromatic carbocycles. The quantitative estimate of drug-likeness (QED) is 0.790. The Bertz CT molecular complexity index is 911. The highest BCUT2D eigenvalue weighted by molar-refractivity contribution is 5.65. The Hall–Kier alpha value is -1.52. The maximum absolute atomic E-state index is 10.7. The molecule has 2 saturated heterocycles. The first-order chi connectivity index (χ1) is 13.7. The number of ether oxygens (including phenoxy) is 2. The van der Waals surface area contributed by atoms with E-state index in [4.69, 9.17) is 9.47 Å². The number of aromatic hydroxyl groups is 1. The summed E-state index contributed by atoms with van der Waals surface area (Å²) in [6.45, 7) is 4.16. The minimum atomic E-state index is -0.317. The van der Waals surface area contributed by atoms with E-state index in [-0.39, 0.29) is 22.5 Å². The Morgan fingerprint density at radius 3 is 3.11 bits per heavy atom. The van der Waals surface area contributed by atoms with Gasteiger partial charge in [0.05, 0.1) is 12.0 Å². The van der Waals surface area contributed by atoms with Gasteiger partial charge in [0.25, 0.3) is 0 Å². The number of phenols is 1. The molecule has 1 aromatic rings. The first kappa shape index (κ1) is 16.3. The van der Waals surface area contributed by atoms with Crippen LogP contribution in [0.1, 0.15) is 50.2 Å². The summed E-state index contributed by atoms with van der Waals surface area (Å²) >= 11 is 0. The summed E-state index contributed by atoms with van der Waals surface area (Å²) < 4.78 is 13.4. The summed E-state index contributed by atoms with van der Waals surface area (Å²) in [7, 11) is 0. The third-order valence-corrected chi connectivity index (χ3v) is 9.37. The minimum absolute atomic E-state index is 0.00215. The molecule has 3 aliphatic heterocycles. The number of nitrogens with one attached hydrogen (secondary N) is 1. The second-order valence-corrected chi connectivity index (χ2v) is 10.1. The Morgan fingerprint density at radius 1 is 1.29 bits per heavy atom. The van der Waals surface area contributed by atoms with E-state index >= 15 is 0 Å². The van der Waals surface area contributed by atoms with Crippen molar-refractivity contribution in [3.8, 4) is 11.5 Å². The van der Waals surface area contributed by atoms with Crippen LogP contribution in [0, 0.1) is 17.3 Å². The lowest BCUT2D eigenvalue weighted by molar-refractivity contribution is -0.179. The predicted octanol–water partition coefficient (Wildman–Crippen LogP) is 3.46. The molecule has 0 radical (unpaired) electrons. The van der Waals surface area contributed by atoms with Crippen LogP contribution in [0.25, 0.3) is 0 Å². The Kier molecular flexibility index (Phi) is 2.89. The fourth-order valence-corrected chi connectivity index (χ4v) is 8.34. The standard InChI is InChI=1S/C24H29NO3/c1-2-3-4-15-13-27-24-8-7-22(12-16(15)24)18-11-14-5-6-17(26)20-19(14)23(22,9-10-25-18)21(24)28-20/h5-8,15-16,18,21,25-26H,2-4,9-13H2,1H3/t15-,16+,18+,21+,22+,23-,24+/m0/s1. The van der Waals surface area contributed by atoms with Crippen LogP contribution in [0.4, 0.5) is 0 Å². The van der Waals surface area contributed by atoms with Gasteiger partial charge in [-0.05, 0) is 49.8 Å². The molecule has 4 heteroatoms. The highest BCUT2D eigenvalue weighted by Gasteiger charge is 2.80. The van der Waals surface area contributed by atoms with E-state index in [0.29, 0.717) is 23.6 Å². The molecule has 0 aromatic heterocycles. The smallest absolute Gasteiger partial charge is 0.165 e. The van der Waals surface area contributed by atoms with Crippen molar-refractivity contribution in [1.82, 2.24) is 5.32 Å². The summed E-state index contributed by atoms with van der Waals surface area (Å²) in [6.07, 6.45) is 12.0. The number of hydrogen-bond acceptors (Lipinski definition) is 4. The Balaban J connectivity index is 1.47. The van der Waals surface area contributed by atoms with Crippen molar-refractivity contribution < 1.29 is 14.6 Å². The van der Waals surface area contributed by atoms with Crippen molar-refractivity contribution >= 4 is 0 Å². The number of rotatable bonds is 3. The average Bonchev–Trinajstić information content (AvgIpc) is 3.24. The van der Waals surface area contributed by atoms with E-state index in [1.54, 1.807) is 0 Å². The van der Waals surface area contributed by atoms with Crippen LogP contribution in [0.15, 0.2) is 24.3 Å². The number of hydrogen-bond donors (Lipinski definition) is 2. The van der Waals surface area contributed by atoms with Crippen molar-refractivity contribution in [2.45, 2.75) is 68.6 Å². The molecule has 3 fully saturated rings. The maximum Gasteiger partial charge on any atom is 0.165 e. The normalized spacial score (nSPS) is 48.3. The highest BCUT2D eigenvalue weighted by atomic mass is 16.6. The summed E-state index contributed by atoms with van der Waals surface area (Å²) in [6, 6.07) is 4.42. The van der Waals surface area contributed by atoms with Crippen LogP contribution < -0.4 is 10.1 Å². The van der Waals surface area contributed by atoms with E-state index in [1.807, 2.05) is 6.07 Å². The van der Waals surface area contributed by atoms with Gasteiger partial charge in [-0.15, -0.1) is 0 Å². The average molecular weight is 380 g/mol. The van der Waals surface area contributed by atoms with Crippen molar-refractivity contribution in [3.05, 3.63) is 35.4 Å². The molecule has 8 rings (SSSR count). The molecular formula is C24H29NO3. The van der Waals surface area contributed by atoms with E-state index in [1.165, 1.54) is 36.8 Å². The fourth-order valence-electron chi connectivity index (χ4n) is 8.34. The minimum Gasteiger partial charge on any atom is -0.504 e. The lowest BCUT2D eigenvalue weighted by Crippen LogP contribution is -2.78. The van der Waals surface area contributed by atoms with Crippen molar-refractivity contribution in [2.75, 3.05) is 13.2 Å². The number of benzene rings is 1. The third-order valence-electron chi connectivity index (χ3n) is 9.37. The zero-order chi connectivity index (χ0) is 18.7. The summed E-state index contributed by atoms with van der Waals surface area (Å²) in [5.74, 6) is 2.23. The molecule has 0 amide bonds. The van der Waals surface area contributed by atoms with Crippen LogP contribution in [0.5, 0.6) is 11.5 Å². The zero-order valence-corrected chi connectivity index (χ0v) is 16.5. The fraction of sp³-hybridized carbons (Fsp3) is 0.667. The largest absolute Gasteiger partial charge is 0.504 e. The monoisotopic (exact) mass is 379 g/mol. The van der Waals surface area contributed by atoms with E-state index in [2.05, 4.69) is 30.5 Å². The van der Waals surface area contributed by atoms with Gasteiger partial charge in [-0.1, -0.05) is 38.0 Å². The predicted molar refractivity (Wildman–Crippen MR) is 106 cm³/mol.